The Kier molecular flexibility index (Phi) is 4.34. The van der Waals surface area contributed by atoms with E-state index in [1.807, 2.05) is 6.07 Å². The molecular weight excluding hydrogens is 246 g/mol. The molecule has 1 aromatic rings. The third-order valence-electron chi connectivity index (χ3n) is 3.42. The van der Waals surface area contributed by atoms with Gasteiger partial charge in [0.15, 0.2) is 0 Å². The molecule has 0 amide bonds. The van der Waals surface area contributed by atoms with E-state index in [-0.39, 0.29) is 10.6 Å². The highest BCUT2D eigenvalue weighted by Gasteiger charge is 2.19. The fourth-order valence-corrected chi connectivity index (χ4v) is 2.31. The van der Waals surface area contributed by atoms with E-state index in [2.05, 4.69) is 17.1 Å². The zero-order valence-corrected chi connectivity index (χ0v) is 11.3. The van der Waals surface area contributed by atoms with Gasteiger partial charge in [0.05, 0.1) is 18.1 Å². The van der Waals surface area contributed by atoms with Gasteiger partial charge in [-0.2, -0.15) is 0 Å². The SMILES string of the molecule is COc1cc(CN2CCNCC2C)cc([N+](=O)[O-])c1. The van der Waals surface area contributed by atoms with Gasteiger partial charge in [0, 0.05) is 38.3 Å². The summed E-state index contributed by atoms with van der Waals surface area (Å²) < 4.78 is 5.13. The van der Waals surface area contributed by atoms with Gasteiger partial charge in [0.1, 0.15) is 5.75 Å². The number of rotatable bonds is 4. The second kappa shape index (κ2) is 5.99. The molecule has 1 aromatic carbocycles. The largest absolute Gasteiger partial charge is 0.496 e. The van der Waals surface area contributed by atoms with Gasteiger partial charge in [-0.1, -0.05) is 0 Å². The smallest absolute Gasteiger partial charge is 0.273 e. The molecule has 0 aromatic heterocycles. The Labute approximate surface area is 112 Å². The first-order valence-corrected chi connectivity index (χ1v) is 6.37. The van der Waals surface area contributed by atoms with E-state index < -0.39 is 0 Å². The molecule has 0 spiro atoms. The Morgan fingerprint density at radius 3 is 2.95 bits per heavy atom. The Hall–Kier alpha value is -1.66. The highest BCUT2D eigenvalue weighted by atomic mass is 16.6. The lowest BCUT2D eigenvalue weighted by Crippen LogP contribution is -2.49. The Morgan fingerprint density at radius 1 is 1.53 bits per heavy atom. The van der Waals surface area contributed by atoms with E-state index in [9.17, 15) is 10.1 Å². The predicted octanol–water partition coefficient (Wildman–Crippen LogP) is 1.40. The summed E-state index contributed by atoms with van der Waals surface area (Å²) in [5.41, 5.74) is 0.997. The lowest BCUT2D eigenvalue weighted by molar-refractivity contribution is -0.385. The second-order valence-corrected chi connectivity index (χ2v) is 4.82. The van der Waals surface area contributed by atoms with E-state index in [1.165, 1.54) is 13.2 Å². The van der Waals surface area contributed by atoms with Crippen LogP contribution in [0.4, 0.5) is 5.69 Å². The number of ether oxygens (including phenoxy) is 1. The Bertz CT molecular complexity index is 464. The molecule has 1 N–H and O–H groups in total. The van der Waals surface area contributed by atoms with Crippen molar-refractivity contribution in [3.63, 3.8) is 0 Å². The summed E-state index contributed by atoms with van der Waals surface area (Å²) in [7, 11) is 1.52. The van der Waals surface area contributed by atoms with Crippen LogP contribution >= 0.6 is 0 Å². The number of hydrogen-bond donors (Lipinski definition) is 1. The van der Waals surface area contributed by atoms with Crippen molar-refractivity contribution in [2.24, 2.45) is 0 Å². The van der Waals surface area contributed by atoms with E-state index in [0.29, 0.717) is 18.3 Å². The van der Waals surface area contributed by atoms with Crippen molar-refractivity contribution in [2.75, 3.05) is 26.7 Å². The predicted molar refractivity (Wildman–Crippen MR) is 72.4 cm³/mol. The molecule has 1 atom stereocenters. The van der Waals surface area contributed by atoms with Crippen molar-refractivity contribution in [1.29, 1.82) is 0 Å². The minimum atomic E-state index is -0.382. The maximum atomic E-state index is 10.9. The number of methoxy groups -OCH3 is 1. The number of nitrogens with zero attached hydrogens (tertiary/aromatic N) is 2. The van der Waals surface area contributed by atoms with Crippen LogP contribution in [0.25, 0.3) is 0 Å². The highest BCUT2D eigenvalue weighted by Crippen LogP contribution is 2.24. The molecule has 0 radical (unpaired) electrons. The first-order valence-electron chi connectivity index (χ1n) is 6.37. The quantitative estimate of drug-likeness (QED) is 0.658. The maximum Gasteiger partial charge on any atom is 0.273 e. The molecule has 19 heavy (non-hydrogen) atoms. The van der Waals surface area contributed by atoms with Crippen LogP contribution in [-0.4, -0.2) is 42.6 Å². The molecule has 1 aliphatic rings. The normalized spacial score (nSPS) is 20.2. The van der Waals surface area contributed by atoms with Crippen LogP contribution in [0.1, 0.15) is 12.5 Å². The summed E-state index contributed by atoms with van der Waals surface area (Å²) in [6, 6.07) is 5.36. The zero-order chi connectivity index (χ0) is 13.8. The molecule has 1 unspecified atom stereocenters. The molecule has 1 heterocycles. The Morgan fingerprint density at radius 2 is 2.32 bits per heavy atom. The minimum absolute atomic E-state index is 0.0807. The number of hydrogen-bond acceptors (Lipinski definition) is 5. The van der Waals surface area contributed by atoms with Crippen molar-refractivity contribution in [3.05, 3.63) is 33.9 Å². The summed E-state index contributed by atoms with van der Waals surface area (Å²) in [6.45, 7) is 5.72. The molecule has 0 aliphatic carbocycles. The Balaban J connectivity index is 2.18. The van der Waals surface area contributed by atoms with Gasteiger partial charge in [-0.25, -0.2) is 0 Å². The lowest BCUT2D eigenvalue weighted by atomic mass is 10.1. The first-order chi connectivity index (χ1) is 9.10. The molecule has 6 heteroatoms. The van der Waals surface area contributed by atoms with Gasteiger partial charge in [-0.05, 0) is 18.6 Å². The van der Waals surface area contributed by atoms with Gasteiger partial charge < -0.3 is 10.1 Å². The van der Waals surface area contributed by atoms with Crippen molar-refractivity contribution in [1.82, 2.24) is 10.2 Å². The minimum Gasteiger partial charge on any atom is -0.496 e. The zero-order valence-electron chi connectivity index (χ0n) is 11.3. The molecular formula is C13H19N3O3. The average molecular weight is 265 g/mol. The van der Waals surface area contributed by atoms with Crippen molar-refractivity contribution >= 4 is 5.69 Å². The monoisotopic (exact) mass is 265 g/mol. The van der Waals surface area contributed by atoms with Crippen LogP contribution < -0.4 is 10.1 Å². The van der Waals surface area contributed by atoms with Gasteiger partial charge >= 0.3 is 0 Å². The molecule has 0 bridgehead atoms. The van der Waals surface area contributed by atoms with Crippen LogP contribution in [0.3, 0.4) is 0 Å². The van der Waals surface area contributed by atoms with Gasteiger partial charge in [0.2, 0.25) is 0 Å². The molecule has 1 saturated heterocycles. The second-order valence-electron chi connectivity index (χ2n) is 4.82. The van der Waals surface area contributed by atoms with E-state index in [1.54, 1.807) is 6.07 Å². The number of nitrogens with one attached hydrogen (secondary N) is 1. The number of benzene rings is 1. The van der Waals surface area contributed by atoms with Crippen LogP contribution in [0, 0.1) is 10.1 Å². The molecule has 6 nitrogen and oxygen atoms in total. The van der Waals surface area contributed by atoms with E-state index in [4.69, 9.17) is 4.74 Å². The summed E-state index contributed by atoms with van der Waals surface area (Å²) in [5.74, 6) is 0.534. The van der Waals surface area contributed by atoms with Crippen molar-refractivity contribution in [3.8, 4) is 5.75 Å². The van der Waals surface area contributed by atoms with Crippen molar-refractivity contribution in [2.45, 2.75) is 19.5 Å². The molecule has 2 rings (SSSR count). The molecule has 104 valence electrons. The summed E-state index contributed by atoms with van der Waals surface area (Å²) in [5, 5.41) is 14.2. The van der Waals surface area contributed by atoms with Crippen LogP contribution in [-0.2, 0) is 6.54 Å². The van der Waals surface area contributed by atoms with E-state index >= 15 is 0 Å². The van der Waals surface area contributed by atoms with Gasteiger partial charge in [0.25, 0.3) is 5.69 Å². The average Bonchev–Trinajstić information content (AvgIpc) is 2.41. The van der Waals surface area contributed by atoms with Gasteiger partial charge in [-0.15, -0.1) is 0 Å². The van der Waals surface area contributed by atoms with Crippen LogP contribution in [0.2, 0.25) is 0 Å². The van der Waals surface area contributed by atoms with Crippen LogP contribution in [0.15, 0.2) is 18.2 Å². The third kappa shape index (κ3) is 3.42. The fourth-order valence-electron chi connectivity index (χ4n) is 2.31. The number of nitro benzene ring substituents is 1. The standard InChI is InChI=1S/C13H19N3O3/c1-10-8-14-3-4-15(10)9-11-5-12(16(17)18)7-13(6-11)19-2/h5-7,10,14H,3-4,8-9H2,1-2H3. The molecule has 1 fully saturated rings. The molecule has 0 saturated carbocycles. The highest BCUT2D eigenvalue weighted by molar-refractivity contribution is 5.42. The number of nitro groups is 1. The summed E-state index contributed by atoms with van der Waals surface area (Å²) in [4.78, 5) is 12.8. The number of piperazine rings is 1. The topological polar surface area (TPSA) is 67.6 Å². The first kappa shape index (κ1) is 13.8. The fraction of sp³-hybridized carbons (Fsp3) is 0.538. The van der Waals surface area contributed by atoms with Crippen LogP contribution in [0.5, 0.6) is 5.75 Å². The third-order valence-corrected chi connectivity index (χ3v) is 3.42. The number of non-ortho nitro benzene ring substituents is 1. The van der Waals surface area contributed by atoms with E-state index in [0.717, 1.165) is 25.2 Å². The summed E-state index contributed by atoms with van der Waals surface area (Å²) >= 11 is 0. The molecule has 1 aliphatic heterocycles. The summed E-state index contributed by atoms with van der Waals surface area (Å²) in [6.07, 6.45) is 0. The lowest BCUT2D eigenvalue weighted by Gasteiger charge is -2.33. The van der Waals surface area contributed by atoms with Gasteiger partial charge in [-0.3, -0.25) is 15.0 Å². The van der Waals surface area contributed by atoms with Crippen molar-refractivity contribution < 1.29 is 9.66 Å². The maximum absolute atomic E-state index is 10.9.